The maximum atomic E-state index is 13.0. The molecule has 0 radical (unpaired) electrons. The van der Waals surface area contributed by atoms with Gasteiger partial charge in [-0.15, -0.1) is 0 Å². The van der Waals surface area contributed by atoms with Crippen molar-refractivity contribution in [2.75, 3.05) is 25.4 Å². The van der Waals surface area contributed by atoms with E-state index in [9.17, 15) is 9.59 Å². The van der Waals surface area contributed by atoms with Crippen LogP contribution in [0.3, 0.4) is 0 Å². The lowest BCUT2D eigenvalue weighted by atomic mass is 9.93. The van der Waals surface area contributed by atoms with Gasteiger partial charge < -0.3 is 15.5 Å². The van der Waals surface area contributed by atoms with Crippen LogP contribution < -0.4 is 5.73 Å². The van der Waals surface area contributed by atoms with E-state index in [0.717, 1.165) is 45.3 Å². The number of fused-ring (bicyclic) bond motifs is 2. The summed E-state index contributed by atoms with van der Waals surface area (Å²) in [5.74, 6) is -0.0339. The minimum Gasteiger partial charge on any atom is -0.398 e. The fourth-order valence-electron chi connectivity index (χ4n) is 5.04. The van der Waals surface area contributed by atoms with Crippen LogP contribution in [0.5, 0.6) is 0 Å². The number of nitrogens with zero attached hydrogens (tertiary/aromatic N) is 4. The molecule has 0 spiro atoms. The third-order valence-electron chi connectivity index (χ3n) is 6.93. The van der Waals surface area contributed by atoms with E-state index in [1.807, 2.05) is 43.0 Å². The van der Waals surface area contributed by atoms with E-state index in [0.29, 0.717) is 36.5 Å². The molecule has 0 saturated heterocycles. The van der Waals surface area contributed by atoms with E-state index in [1.54, 1.807) is 11.0 Å². The minimum absolute atomic E-state index is 0.0175. The summed E-state index contributed by atoms with van der Waals surface area (Å²) in [6.07, 6.45) is 2.83. The van der Waals surface area contributed by atoms with Crippen molar-refractivity contribution in [3.63, 3.8) is 0 Å². The molecule has 0 aliphatic carbocycles. The van der Waals surface area contributed by atoms with Crippen LogP contribution in [-0.4, -0.2) is 51.4 Å². The van der Waals surface area contributed by atoms with Crippen LogP contribution in [-0.2, 0) is 11.3 Å². The first kappa shape index (κ1) is 23.4. The van der Waals surface area contributed by atoms with Crippen molar-refractivity contribution >= 4 is 34.0 Å². The Morgan fingerprint density at radius 1 is 1.31 bits per heavy atom. The second kappa shape index (κ2) is 9.00. The number of anilines is 1. The molecule has 3 N–H and O–H groups in total. The quantitative estimate of drug-likeness (QED) is 0.421. The Bertz CT molecular complexity index is 1490. The van der Waals surface area contributed by atoms with Crippen LogP contribution in [0.25, 0.3) is 27.6 Å². The molecule has 0 saturated carbocycles. The van der Waals surface area contributed by atoms with Crippen molar-refractivity contribution in [3.8, 4) is 17.2 Å². The van der Waals surface area contributed by atoms with E-state index < -0.39 is 0 Å². The first-order valence-corrected chi connectivity index (χ1v) is 12.0. The molecule has 8 heteroatoms. The SMILES string of the molecule is C=C(C#N)CN1Cc2c(-c3ccc4[nH]nc(C5=CCN(C(=O)C(C)C)CC5)c4c3)ccc(N)c2C1=O. The molecule has 2 amide bonds. The molecule has 0 fully saturated rings. The Balaban J connectivity index is 1.50. The third kappa shape index (κ3) is 3.93. The lowest BCUT2D eigenvalue weighted by molar-refractivity contribution is -0.134. The summed E-state index contributed by atoms with van der Waals surface area (Å²) in [6.45, 7) is 9.37. The van der Waals surface area contributed by atoms with E-state index in [2.05, 4.69) is 28.9 Å². The molecule has 2 aromatic carbocycles. The standard InChI is InChI=1S/C28H28N6O2/c1-16(2)27(35)33-10-8-18(9-11-33)26-21-12-19(4-7-24(21)31-32-26)20-5-6-23(30)25-22(20)15-34(28(25)36)14-17(3)13-29/h4-8,12,16H,3,9-11,14-15,30H2,1-2H3,(H,31,32). The minimum atomic E-state index is -0.182. The van der Waals surface area contributed by atoms with Crippen LogP contribution in [0.15, 0.2) is 48.6 Å². The molecule has 2 aliphatic rings. The summed E-state index contributed by atoms with van der Waals surface area (Å²) in [4.78, 5) is 28.9. The zero-order valence-electron chi connectivity index (χ0n) is 20.5. The van der Waals surface area contributed by atoms with E-state index in [4.69, 9.17) is 11.0 Å². The number of carbonyl (C=O) groups excluding carboxylic acids is 2. The maximum Gasteiger partial charge on any atom is 0.256 e. The predicted octanol–water partition coefficient (Wildman–Crippen LogP) is 4.12. The smallest absolute Gasteiger partial charge is 0.256 e. The second-order valence-electron chi connectivity index (χ2n) is 9.68. The molecule has 0 bridgehead atoms. The second-order valence-corrected chi connectivity index (χ2v) is 9.68. The number of nitriles is 1. The van der Waals surface area contributed by atoms with Crippen molar-refractivity contribution < 1.29 is 9.59 Å². The number of nitrogens with two attached hydrogens (primary N) is 1. The molecular weight excluding hydrogens is 452 g/mol. The molecule has 5 rings (SSSR count). The molecule has 182 valence electrons. The van der Waals surface area contributed by atoms with Gasteiger partial charge in [0.15, 0.2) is 0 Å². The molecule has 8 nitrogen and oxygen atoms in total. The normalized spacial score (nSPS) is 15.3. The number of H-pyrrole nitrogens is 1. The van der Waals surface area contributed by atoms with E-state index in [-0.39, 0.29) is 24.3 Å². The van der Waals surface area contributed by atoms with Crippen molar-refractivity contribution in [2.24, 2.45) is 5.92 Å². The number of aromatic amines is 1. The van der Waals surface area contributed by atoms with Gasteiger partial charge in [0.1, 0.15) is 0 Å². The highest BCUT2D eigenvalue weighted by Gasteiger charge is 2.32. The molecule has 0 unspecified atom stereocenters. The Kier molecular flexibility index (Phi) is 5.84. The zero-order chi connectivity index (χ0) is 25.6. The molecular formula is C28H28N6O2. The number of amides is 2. The lowest BCUT2D eigenvalue weighted by Crippen LogP contribution is -2.37. The van der Waals surface area contributed by atoms with Crippen molar-refractivity contribution in [3.05, 3.63) is 65.4 Å². The average Bonchev–Trinajstić information content (AvgIpc) is 3.45. The van der Waals surface area contributed by atoms with Crippen molar-refractivity contribution in [1.29, 1.82) is 5.26 Å². The maximum absolute atomic E-state index is 13.0. The van der Waals surface area contributed by atoms with Gasteiger partial charge in [0.05, 0.1) is 29.4 Å². The number of hydrogen-bond donors (Lipinski definition) is 2. The van der Waals surface area contributed by atoms with Gasteiger partial charge in [-0.25, -0.2) is 0 Å². The van der Waals surface area contributed by atoms with Crippen LogP contribution in [0.2, 0.25) is 0 Å². The number of aromatic nitrogens is 2. The summed E-state index contributed by atoms with van der Waals surface area (Å²) in [5.41, 5.74) is 13.1. The Morgan fingerprint density at radius 3 is 2.81 bits per heavy atom. The highest BCUT2D eigenvalue weighted by molar-refractivity contribution is 6.05. The number of hydrogen-bond acceptors (Lipinski definition) is 5. The number of rotatable bonds is 5. The predicted molar refractivity (Wildman–Crippen MR) is 139 cm³/mol. The van der Waals surface area contributed by atoms with Gasteiger partial charge >= 0.3 is 0 Å². The molecule has 1 aromatic heterocycles. The summed E-state index contributed by atoms with van der Waals surface area (Å²) >= 11 is 0. The zero-order valence-corrected chi connectivity index (χ0v) is 20.5. The molecule has 3 heterocycles. The fraction of sp³-hybridized carbons (Fsp3) is 0.286. The molecule has 3 aromatic rings. The van der Waals surface area contributed by atoms with E-state index >= 15 is 0 Å². The summed E-state index contributed by atoms with van der Waals surface area (Å²) in [5, 5.41) is 17.8. The molecule has 2 aliphatic heterocycles. The van der Waals surface area contributed by atoms with Gasteiger partial charge in [-0.05, 0) is 46.9 Å². The van der Waals surface area contributed by atoms with Gasteiger partial charge in [0.2, 0.25) is 5.91 Å². The van der Waals surface area contributed by atoms with Gasteiger partial charge in [0, 0.05) is 42.2 Å². The number of carbonyl (C=O) groups is 2. The number of nitrogen functional groups attached to an aromatic ring is 1. The first-order valence-electron chi connectivity index (χ1n) is 12.0. The third-order valence-corrected chi connectivity index (χ3v) is 6.93. The summed E-state index contributed by atoms with van der Waals surface area (Å²) < 4.78 is 0. The summed E-state index contributed by atoms with van der Waals surface area (Å²) in [6, 6.07) is 11.8. The monoisotopic (exact) mass is 480 g/mol. The Morgan fingerprint density at radius 2 is 2.11 bits per heavy atom. The number of nitrogens with one attached hydrogen (secondary N) is 1. The van der Waals surface area contributed by atoms with Gasteiger partial charge in [0.25, 0.3) is 5.91 Å². The first-order chi connectivity index (χ1) is 17.3. The van der Waals surface area contributed by atoms with Crippen LogP contribution >= 0.6 is 0 Å². The highest BCUT2D eigenvalue weighted by Crippen LogP contribution is 2.38. The van der Waals surface area contributed by atoms with Gasteiger partial charge in [-0.2, -0.15) is 10.4 Å². The van der Waals surface area contributed by atoms with Crippen LogP contribution in [0, 0.1) is 17.2 Å². The average molecular weight is 481 g/mol. The van der Waals surface area contributed by atoms with Gasteiger partial charge in [-0.3, -0.25) is 14.7 Å². The van der Waals surface area contributed by atoms with Crippen molar-refractivity contribution in [1.82, 2.24) is 20.0 Å². The Labute approximate surface area is 209 Å². The molecule has 0 atom stereocenters. The molecule has 36 heavy (non-hydrogen) atoms. The van der Waals surface area contributed by atoms with Crippen LogP contribution in [0.4, 0.5) is 5.69 Å². The van der Waals surface area contributed by atoms with E-state index in [1.165, 1.54) is 0 Å². The fourth-order valence-corrected chi connectivity index (χ4v) is 5.04. The lowest BCUT2D eigenvalue weighted by Gasteiger charge is -2.27. The number of benzene rings is 2. The summed E-state index contributed by atoms with van der Waals surface area (Å²) in [7, 11) is 0. The highest BCUT2D eigenvalue weighted by atomic mass is 16.2. The Hall–Kier alpha value is -4.38. The van der Waals surface area contributed by atoms with Crippen molar-refractivity contribution in [2.45, 2.75) is 26.8 Å². The topological polar surface area (TPSA) is 119 Å². The van der Waals surface area contributed by atoms with Crippen LogP contribution in [0.1, 0.15) is 41.9 Å². The largest absolute Gasteiger partial charge is 0.398 e. The van der Waals surface area contributed by atoms with Gasteiger partial charge in [-0.1, -0.05) is 38.6 Å².